The SMILES string of the molecule is CCc1c(C(C)NCCCCCSC)oc2ccccc12. The number of rotatable bonds is 9. The molecule has 21 heavy (non-hydrogen) atoms. The van der Waals surface area contributed by atoms with E-state index in [0.717, 1.165) is 24.3 Å². The molecule has 116 valence electrons. The number of para-hydroxylation sites is 1. The Morgan fingerprint density at radius 1 is 1.19 bits per heavy atom. The van der Waals surface area contributed by atoms with E-state index in [4.69, 9.17) is 4.42 Å². The normalized spacial score (nSPS) is 12.9. The molecule has 1 unspecified atom stereocenters. The molecular formula is C18H27NOS. The Morgan fingerprint density at radius 3 is 2.76 bits per heavy atom. The second-order valence-electron chi connectivity index (χ2n) is 5.52. The van der Waals surface area contributed by atoms with Crippen molar-refractivity contribution in [2.24, 2.45) is 0 Å². The third-order valence-electron chi connectivity index (χ3n) is 3.95. The van der Waals surface area contributed by atoms with E-state index in [1.54, 1.807) is 0 Å². The van der Waals surface area contributed by atoms with E-state index in [-0.39, 0.29) is 6.04 Å². The number of nitrogens with one attached hydrogen (secondary N) is 1. The van der Waals surface area contributed by atoms with Gasteiger partial charge in [-0.1, -0.05) is 31.5 Å². The van der Waals surface area contributed by atoms with E-state index < -0.39 is 0 Å². The average molecular weight is 305 g/mol. The van der Waals surface area contributed by atoms with Gasteiger partial charge in [0.05, 0.1) is 6.04 Å². The van der Waals surface area contributed by atoms with Crippen molar-refractivity contribution in [3.63, 3.8) is 0 Å². The summed E-state index contributed by atoms with van der Waals surface area (Å²) < 4.78 is 6.08. The summed E-state index contributed by atoms with van der Waals surface area (Å²) in [7, 11) is 0. The zero-order valence-corrected chi connectivity index (χ0v) is 14.3. The summed E-state index contributed by atoms with van der Waals surface area (Å²) in [5.41, 5.74) is 2.37. The van der Waals surface area contributed by atoms with Crippen molar-refractivity contribution in [1.29, 1.82) is 0 Å². The number of thioether (sulfide) groups is 1. The van der Waals surface area contributed by atoms with Gasteiger partial charge in [-0.15, -0.1) is 0 Å². The van der Waals surface area contributed by atoms with Crippen LogP contribution < -0.4 is 5.32 Å². The van der Waals surface area contributed by atoms with Crippen molar-refractivity contribution in [3.05, 3.63) is 35.6 Å². The molecule has 0 saturated heterocycles. The fourth-order valence-electron chi connectivity index (χ4n) is 2.79. The lowest BCUT2D eigenvalue weighted by molar-refractivity contribution is 0.441. The molecule has 1 N–H and O–H groups in total. The molecule has 1 aromatic heterocycles. The number of unbranched alkanes of at least 4 members (excludes halogenated alkanes) is 2. The highest BCUT2D eigenvalue weighted by atomic mass is 32.2. The molecule has 1 atom stereocenters. The van der Waals surface area contributed by atoms with Crippen molar-refractivity contribution < 1.29 is 4.42 Å². The molecule has 0 bridgehead atoms. The Morgan fingerprint density at radius 2 is 2.00 bits per heavy atom. The monoisotopic (exact) mass is 305 g/mol. The molecular weight excluding hydrogens is 278 g/mol. The van der Waals surface area contributed by atoms with Gasteiger partial charge >= 0.3 is 0 Å². The molecule has 0 radical (unpaired) electrons. The van der Waals surface area contributed by atoms with Crippen molar-refractivity contribution in [3.8, 4) is 0 Å². The Kier molecular flexibility index (Phi) is 6.65. The molecule has 0 spiro atoms. The van der Waals surface area contributed by atoms with Gasteiger partial charge in [-0.3, -0.25) is 0 Å². The lowest BCUT2D eigenvalue weighted by Gasteiger charge is -2.13. The van der Waals surface area contributed by atoms with Crippen molar-refractivity contribution in [1.82, 2.24) is 5.32 Å². The van der Waals surface area contributed by atoms with Gasteiger partial charge < -0.3 is 9.73 Å². The van der Waals surface area contributed by atoms with Crippen LogP contribution in [0.2, 0.25) is 0 Å². The average Bonchev–Trinajstić information content (AvgIpc) is 2.89. The predicted octanol–water partition coefficient (Wildman–Crippen LogP) is 5.18. The molecule has 2 rings (SSSR count). The molecule has 2 aromatic rings. The van der Waals surface area contributed by atoms with Gasteiger partial charge in [0.25, 0.3) is 0 Å². The number of hydrogen-bond acceptors (Lipinski definition) is 3. The Bertz CT molecular complexity index is 549. The lowest BCUT2D eigenvalue weighted by Crippen LogP contribution is -2.20. The zero-order chi connectivity index (χ0) is 15.1. The van der Waals surface area contributed by atoms with E-state index in [0.29, 0.717) is 0 Å². The maximum atomic E-state index is 6.08. The number of aryl methyl sites for hydroxylation is 1. The minimum atomic E-state index is 0.285. The van der Waals surface area contributed by atoms with Crippen LogP contribution in [0.5, 0.6) is 0 Å². The molecule has 0 fully saturated rings. The zero-order valence-electron chi connectivity index (χ0n) is 13.4. The summed E-state index contributed by atoms with van der Waals surface area (Å²) in [6.45, 7) is 5.48. The van der Waals surface area contributed by atoms with Crippen molar-refractivity contribution in [2.45, 2.75) is 45.6 Å². The molecule has 1 heterocycles. The largest absolute Gasteiger partial charge is 0.459 e. The van der Waals surface area contributed by atoms with Crippen LogP contribution in [-0.2, 0) is 6.42 Å². The topological polar surface area (TPSA) is 25.2 Å². The second kappa shape index (κ2) is 8.50. The third-order valence-corrected chi connectivity index (χ3v) is 4.65. The van der Waals surface area contributed by atoms with Crippen LogP contribution in [-0.4, -0.2) is 18.6 Å². The fourth-order valence-corrected chi connectivity index (χ4v) is 3.28. The van der Waals surface area contributed by atoms with Gasteiger partial charge in [0, 0.05) is 10.9 Å². The number of hydrogen-bond donors (Lipinski definition) is 1. The molecule has 0 aliphatic heterocycles. The smallest absolute Gasteiger partial charge is 0.134 e. The molecule has 0 saturated carbocycles. The van der Waals surface area contributed by atoms with Crippen LogP contribution in [0, 0.1) is 0 Å². The molecule has 0 aliphatic carbocycles. The first-order valence-electron chi connectivity index (χ1n) is 8.00. The molecule has 0 amide bonds. The van der Waals surface area contributed by atoms with Gasteiger partial charge in [0.2, 0.25) is 0 Å². The number of fused-ring (bicyclic) bond motifs is 1. The maximum Gasteiger partial charge on any atom is 0.134 e. The van der Waals surface area contributed by atoms with E-state index in [9.17, 15) is 0 Å². The summed E-state index contributed by atoms with van der Waals surface area (Å²) >= 11 is 1.93. The van der Waals surface area contributed by atoms with E-state index >= 15 is 0 Å². The summed E-state index contributed by atoms with van der Waals surface area (Å²) in [5.74, 6) is 2.39. The van der Waals surface area contributed by atoms with Crippen molar-refractivity contribution >= 4 is 22.7 Å². The molecule has 0 aliphatic rings. The highest BCUT2D eigenvalue weighted by Gasteiger charge is 2.17. The minimum absolute atomic E-state index is 0.285. The van der Waals surface area contributed by atoms with Crippen LogP contribution in [0.15, 0.2) is 28.7 Å². The van der Waals surface area contributed by atoms with E-state index in [1.807, 2.05) is 17.8 Å². The lowest BCUT2D eigenvalue weighted by atomic mass is 10.0. The van der Waals surface area contributed by atoms with Crippen LogP contribution in [0.4, 0.5) is 0 Å². The van der Waals surface area contributed by atoms with E-state index in [1.165, 1.54) is 36.0 Å². The first-order chi connectivity index (χ1) is 10.3. The van der Waals surface area contributed by atoms with Gasteiger partial charge in [0.15, 0.2) is 0 Å². The van der Waals surface area contributed by atoms with Gasteiger partial charge in [-0.2, -0.15) is 11.8 Å². The number of furan rings is 1. The quantitative estimate of drug-likeness (QED) is 0.646. The van der Waals surface area contributed by atoms with Crippen LogP contribution in [0.25, 0.3) is 11.0 Å². The summed E-state index contributed by atoms with van der Waals surface area (Å²) in [5, 5.41) is 4.88. The third kappa shape index (κ3) is 4.27. The molecule has 1 aromatic carbocycles. The van der Waals surface area contributed by atoms with Gasteiger partial charge in [-0.05, 0) is 50.8 Å². The Labute approximate surface area is 132 Å². The van der Waals surface area contributed by atoms with E-state index in [2.05, 4.69) is 43.6 Å². The minimum Gasteiger partial charge on any atom is -0.459 e. The standard InChI is InChI=1S/C18H27NOS/c1-4-15-16-10-6-7-11-17(16)20-18(15)14(2)19-12-8-5-9-13-21-3/h6-7,10-11,14,19H,4-5,8-9,12-13H2,1-3H3. The summed E-state index contributed by atoms with van der Waals surface area (Å²) in [6, 6.07) is 8.64. The fraction of sp³-hybridized carbons (Fsp3) is 0.556. The first-order valence-corrected chi connectivity index (χ1v) is 9.40. The number of benzene rings is 1. The molecule has 3 heteroatoms. The van der Waals surface area contributed by atoms with Crippen LogP contribution >= 0.6 is 11.8 Å². The van der Waals surface area contributed by atoms with Gasteiger partial charge in [-0.25, -0.2) is 0 Å². The van der Waals surface area contributed by atoms with Gasteiger partial charge in [0.1, 0.15) is 11.3 Å². The summed E-state index contributed by atoms with van der Waals surface area (Å²) in [6.07, 6.45) is 7.07. The van der Waals surface area contributed by atoms with Crippen LogP contribution in [0.3, 0.4) is 0 Å². The Balaban J connectivity index is 1.94. The second-order valence-corrected chi connectivity index (χ2v) is 6.51. The van der Waals surface area contributed by atoms with Crippen LogP contribution in [0.1, 0.15) is 50.5 Å². The highest BCUT2D eigenvalue weighted by Crippen LogP contribution is 2.30. The summed E-state index contributed by atoms with van der Waals surface area (Å²) in [4.78, 5) is 0. The predicted molar refractivity (Wildman–Crippen MR) is 94.2 cm³/mol. The Hall–Kier alpha value is -0.930. The van der Waals surface area contributed by atoms with Crippen molar-refractivity contribution in [2.75, 3.05) is 18.6 Å². The maximum absolute atomic E-state index is 6.08. The molecule has 2 nitrogen and oxygen atoms in total. The first kappa shape index (κ1) is 16.4. The highest BCUT2D eigenvalue weighted by molar-refractivity contribution is 7.98.